The molecule has 1 saturated heterocycles. The topological polar surface area (TPSA) is 104 Å². The molecular formula is C22H19ClN2O6. The van der Waals surface area contributed by atoms with Crippen LogP contribution in [0.3, 0.4) is 0 Å². The number of rotatable bonds is 7. The molecule has 31 heavy (non-hydrogen) atoms. The summed E-state index contributed by atoms with van der Waals surface area (Å²) in [6.07, 6.45) is 1.35. The van der Waals surface area contributed by atoms with Gasteiger partial charge in [-0.05, 0) is 42.0 Å². The zero-order valence-corrected chi connectivity index (χ0v) is 17.3. The summed E-state index contributed by atoms with van der Waals surface area (Å²) in [5, 5.41) is 9.31. The second-order valence-electron chi connectivity index (χ2n) is 6.75. The summed E-state index contributed by atoms with van der Waals surface area (Å²) in [7, 11) is 1.52. The number of carboxylic acids is 1. The third kappa shape index (κ3) is 5.10. The number of halogens is 1. The van der Waals surface area contributed by atoms with E-state index in [0.717, 1.165) is 11.0 Å². The first-order valence-corrected chi connectivity index (χ1v) is 9.65. The van der Waals surface area contributed by atoms with Crippen molar-refractivity contribution >= 4 is 41.0 Å². The average Bonchev–Trinajstić information content (AvgIpc) is 3.05. The van der Waals surface area contributed by atoms with E-state index in [2.05, 4.69) is 0 Å². The van der Waals surface area contributed by atoms with Crippen LogP contribution in [0.2, 0.25) is 5.02 Å². The first kappa shape index (κ1) is 22.0. The first-order valence-electron chi connectivity index (χ1n) is 9.27. The number of nitrogens with zero attached hydrogens (tertiary/aromatic N) is 2. The highest BCUT2D eigenvalue weighted by molar-refractivity contribution is 6.31. The summed E-state index contributed by atoms with van der Waals surface area (Å²) in [4.78, 5) is 51.5. The lowest BCUT2D eigenvalue weighted by molar-refractivity contribution is -0.135. The molecule has 160 valence electrons. The number of benzene rings is 2. The van der Waals surface area contributed by atoms with E-state index in [-0.39, 0.29) is 13.0 Å². The Bertz CT molecular complexity index is 1030. The van der Waals surface area contributed by atoms with Crippen LogP contribution in [0.1, 0.15) is 12.0 Å². The summed E-state index contributed by atoms with van der Waals surface area (Å²) >= 11 is 5.88. The molecule has 1 unspecified atom stereocenters. The van der Waals surface area contributed by atoms with E-state index in [0.29, 0.717) is 28.1 Å². The van der Waals surface area contributed by atoms with Gasteiger partial charge < -0.3 is 14.7 Å². The molecule has 0 radical (unpaired) electrons. The van der Waals surface area contributed by atoms with E-state index < -0.39 is 29.7 Å². The van der Waals surface area contributed by atoms with Crippen LogP contribution in [-0.2, 0) is 25.7 Å². The second-order valence-corrected chi connectivity index (χ2v) is 7.19. The van der Waals surface area contributed by atoms with Crippen molar-refractivity contribution in [2.24, 2.45) is 0 Å². The van der Waals surface area contributed by atoms with Gasteiger partial charge in [0.1, 0.15) is 11.8 Å². The fourth-order valence-corrected chi connectivity index (χ4v) is 3.35. The molecule has 1 fully saturated rings. The lowest BCUT2D eigenvalue weighted by Crippen LogP contribution is -2.44. The maximum absolute atomic E-state index is 13.1. The van der Waals surface area contributed by atoms with Crippen molar-refractivity contribution in [2.45, 2.75) is 19.0 Å². The summed E-state index contributed by atoms with van der Waals surface area (Å²) in [5.74, 6) is -2.41. The van der Waals surface area contributed by atoms with Gasteiger partial charge in [-0.3, -0.25) is 14.4 Å². The van der Waals surface area contributed by atoms with Crippen molar-refractivity contribution in [3.63, 3.8) is 0 Å². The molecule has 0 spiro atoms. The van der Waals surface area contributed by atoms with Gasteiger partial charge in [-0.25, -0.2) is 9.69 Å². The number of ether oxygens (including phenoxy) is 1. The van der Waals surface area contributed by atoms with Crippen LogP contribution in [0, 0.1) is 0 Å². The van der Waals surface area contributed by atoms with Crippen LogP contribution in [0.25, 0.3) is 0 Å². The predicted octanol–water partition coefficient (Wildman–Crippen LogP) is 2.65. The Kier molecular flexibility index (Phi) is 6.71. The highest BCUT2D eigenvalue weighted by Gasteiger charge is 2.44. The molecule has 0 aliphatic carbocycles. The molecule has 1 atom stereocenters. The summed E-state index contributed by atoms with van der Waals surface area (Å²) in [5.41, 5.74) is 1.03. The Balaban J connectivity index is 1.91. The van der Waals surface area contributed by atoms with E-state index in [4.69, 9.17) is 21.4 Å². The normalized spacial score (nSPS) is 16.1. The van der Waals surface area contributed by atoms with Gasteiger partial charge in [-0.2, -0.15) is 0 Å². The second kappa shape index (κ2) is 9.44. The maximum atomic E-state index is 13.1. The highest BCUT2D eigenvalue weighted by atomic mass is 35.5. The van der Waals surface area contributed by atoms with E-state index in [1.807, 2.05) is 0 Å². The van der Waals surface area contributed by atoms with Crippen molar-refractivity contribution < 1.29 is 29.0 Å². The average molecular weight is 443 g/mol. The number of amides is 3. The quantitative estimate of drug-likeness (QED) is 0.522. The van der Waals surface area contributed by atoms with Gasteiger partial charge in [0.05, 0.1) is 19.2 Å². The standard InChI is InChI=1S/C22H19ClN2O6/c1-31-17-8-2-14(3-9-17)13-24(19(26)10-11-21(28)29)18-12-20(27)25(22(18)30)16-6-4-15(23)5-7-16/h2-11,18H,12-13H2,1H3,(H,28,29)/b11-10+. The van der Waals surface area contributed by atoms with Crippen molar-refractivity contribution in [3.05, 3.63) is 71.3 Å². The molecular weight excluding hydrogens is 424 g/mol. The van der Waals surface area contributed by atoms with Crippen LogP contribution in [-0.4, -0.2) is 46.8 Å². The van der Waals surface area contributed by atoms with Crippen LogP contribution in [0.5, 0.6) is 5.75 Å². The van der Waals surface area contributed by atoms with Gasteiger partial charge in [0.25, 0.3) is 5.91 Å². The fraction of sp³-hybridized carbons (Fsp3) is 0.182. The van der Waals surface area contributed by atoms with Gasteiger partial charge in [-0.1, -0.05) is 23.7 Å². The Morgan fingerprint density at radius 1 is 1.13 bits per heavy atom. The molecule has 2 aromatic rings. The zero-order chi connectivity index (χ0) is 22.5. The number of hydrogen-bond donors (Lipinski definition) is 1. The van der Waals surface area contributed by atoms with Crippen LogP contribution >= 0.6 is 11.6 Å². The molecule has 0 saturated carbocycles. The predicted molar refractivity (Wildman–Crippen MR) is 113 cm³/mol. The number of aliphatic carboxylic acids is 1. The van der Waals surface area contributed by atoms with Gasteiger partial charge in [0.2, 0.25) is 11.8 Å². The third-order valence-electron chi connectivity index (χ3n) is 4.75. The van der Waals surface area contributed by atoms with E-state index in [1.165, 1.54) is 12.0 Å². The summed E-state index contributed by atoms with van der Waals surface area (Å²) < 4.78 is 5.12. The molecule has 9 heteroatoms. The van der Waals surface area contributed by atoms with Crippen molar-refractivity contribution in [1.82, 2.24) is 4.90 Å². The Labute approximate surface area is 183 Å². The first-order chi connectivity index (χ1) is 14.8. The van der Waals surface area contributed by atoms with Crippen molar-refractivity contribution in [3.8, 4) is 5.75 Å². The number of carbonyl (C=O) groups is 4. The molecule has 0 aromatic heterocycles. The molecule has 3 rings (SSSR count). The number of imide groups is 1. The molecule has 0 bridgehead atoms. The van der Waals surface area contributed by atoms with E-state index >= 15 is 0 Å². The number of hydrogen-bond acceptors (Lipinski definition) is 5. The molecule has 8 nitrogen and oxygen atoms in total. The monoisotopic (exact) mass is 442 g/mol. The molecule has 1 aliphatic heterocycles. The minimum absolute atomic E-state index is 0.00489. The summed E-state index contributed by atoms with van der Waals surface area (Å²) in [6, 6.07) is 12.0. The van der Waals surface area contributed by atoms with Crippen LogP contribution in [0.15, 0.2) is 60.7 Å². The molecule has 3 amide bonds. The maximum Gasteiger partial charge on any atom is 0.328 e. The van der Waals surface area contributed by atoms with Crippen LogP contribution in [0.4, 0.5) is 5.69 Å². The minimum atomic E-state index is -1.30. The lowest BCUT2D eigenvalue weighted by atomic mass is 10.1. The van der Waals surface area contributed by atoms with E-state index in [9.17, 15) is 19.2 Å². The number of carbonyl (C=O) groups excluding carboxylic acids is 3. The van der Waals surface area contributed by atoms with Gasteiger partial charge >= 0.3 is 5.97 Å². The largest absolute Gasteiger partial charge is 0.497 e. The summed E-state index contributed by atoms with van der Waals surface area (Å²) in [6.45, 7) is 0.00489. The van der Waals surface area contributed by atoms with Crippen molar-refractivity contribution in [2.75, 3.05) is 12.0 Å². The number of anilines is 1. The Hall–Kier alpha value is -3.65. The fourth-order valence-electron chi connectivity index (χ4n) is 3.23. The molecule has 2 aromatic carbocycles. The Morgan fingerprint density at radius 2 is 1.77 bits per heavy atom. The smallest absolute Gasteiger partial charge is 0.328 e. The molecule has 1 N–H and O–H groups in total. The lowest BCUT2D eigenvalue weighted by Gasteiger charge is -2.26. The highest BCUT2D eigenvalue weighted by Crippen LogP contribution is 2.28. The third-order valence-corrected chi connectivity index (χ3v) is 5.00. The van der Waals surface area contributed by atoms with Gasteiger partial charge in [0.15, 0.2) is 0 Å². The van der Waals surface area contributed by atoms with Gasteiger partial charge in [0, 0.05) is 23.7 Å². The van der Waals surface area contributed by atoms with E-state index in [1.54, 1.807) is 48.5 Å². The SMILES string of the molecule is COc1ccc(CN(C(=O)/C=C/C(=O)O)C2CC(=O)N(c3ccc(Cl)cc3)C2=O)cc1. The van der Waals surface area contributed by atoms with Crippen molar-refractivity contribution in [1.29, 1.82) is 0 Å². The van der Waals surface area contributed by atoms with Crippen LogP contribution < -0.4 is 9.64 Å². The zero-order valence-electron chi connectivity index (χ0n) is 16.5. The molecule has 1 aliphatic rings. The number of methoxy groups -OCH3 is 1. The van der Waals surface area contributed by atoms with Gasteiger partial charge in [-0.15, -0.1) is 0 Å². The number of carboxylic acid groups (broad SMARTS) is 1. The molecule has 1 heterocycles. The minimum Gasteiger partial charge on any atom is -0.497 e. The Morgan fingerprint density at radius 3 is 2.35 bits per heavy atom.